The molecule has 0 saturated carbocycles. The second-order valence-corrected chi connectivity index (χ2v) is 11.0. The molecule has 1 saturated heterocycles. The average Bonchev–Trinajstić information content (AvgIpc) is 3.62. The number of H-pyrrole nitrogens is 1. The van der Waals surface area contributed by atoms with Crippen LogP contribution in [0.25, 0.3) is 10.9 Å². The Morgan fingerprint density at radius 2 is 2.13 bits per heavy atom. The molecule has 2 aromatic carbocycles. The number of benzene rings is 2. The number of hydrogen-bond donors (Lipinski definition) is 2. The summed E-state index contributed by atoms with van der Waals surface area (Å²) >= 11 is 6.34. The van der Waals surface area contributed by atoms with E-state index >= 15 is 0 Å². The third kappa shape index (κ3) is 4.05. The Bertz CT molecular complexity index is 1430. The highest BCUT2D eigenvalue weighted by molar-refractivity contribution is 6.31. The first kappa shape index (κ1) is 24.9. The predicted octanol–water partition coefficient (Wildman–Crippen LogP) is 3.19. The standard InChI is InChI=1S/C28H30ClN5O4/c1-30-26(36)24(3-2-10-35)34-15-21-19(27(34)37)4-5-22-25(21)38-16-28(22)6-8-33(9-7-28)14-17-11-18(29)12-23-20(17)13-31-32-23/h4-5,10-13,24H,2-3,6-9,14-16H2,1H3,(H,30,36)(H,31,32). The van der Waals surface area contributed by atoms with Crippen molar-refractivity contribution in [2.45, 2.75) is 50.2 Å². The van der Waals surface area contributed by atoms with Crippen LogP contribution < -0.4 is 10.1 Å². The minimum Gasteiger partial charge on any atom is -0.492 e. The predicted molar refractivity (Wildman–Crippen MR) is 142 cm³/mol. The number of halogens is 1. The van der Waals surface area contributed by atoms with E-state index in [0.717, 1.165) is 72.1 Å². The van der Waals surface area contributed by atoms with Crippen LogP contribution in [0.2, 0.25) is 5.02 Å². The lowest BCUT2D eigenvalue weighted by Crippen LogP contribution is -2.46. The average molecular weight is 536 g/mol. The number of nitrogens with zero attached hydrogens (tertiary/aromatic N) is 3. The molecule has 3 aliphatic heterocycles. The van der Waals surface area contributed by atoms with Gasteiger partial charge in [0.15, 0.2) is 0 Å². The number of ether oxygens (including phenoxy) is 1. The summed E-state index contributed by atoms with van der Waals surface area (Å²) in [6.07, 6.45) is 5.05. The number of carbonyl (C=O) groups is 3. The van der Waals surface area contributed by atoms with E-state index in [4.69, 9.17) is 16.3 Å². The number of rotatable bonds is 7. The number of nitrogens with one attached hydrogen (secondary N) is 2. The molecular weight excluding hydrogens is 506 g/mol. The van der Waals surface area contributed by atoms with Gasteiger partial charge in [0.2, 0.25) is 5.91 Å². The molecule has 9 nitrogen and oxygen atoms in total. The lowest BCUT2D eigenvalue weighted by atomic mass is 9.74. The van der Waals surface area contributed by atoms with E-state index in [0.29, 0.717) is 30.2 Å². The summed E-state index contributed by atoms with van der Waals surface area (Å²) in [6.45, 7) is 3.54. The molecule has 1 fully saturated rings. The van der Waals surface area contributed by atoms with Gasteiger partial charge in [-0.2, -0.15) is 5.10 Å². The van der Waals surface area contributed by atoms with Crippen LogP contribution in [0.1, 0.15) is 52.7 Å². The smallest absolute Gasteiger partial charge is 0.255 e. The van der Waals surface area contributed by atoms with Gasteiger partial charge in [-0.15, -0.1) is 0 Å². The van der Waals surface area contributed by atoms with Crippen LogP contribution in [0.3, 0.4) is 0 Å². The highest BCUT2D eigenvalue weighted by Crippen LogP contribution is 2.49. The molecule has 0 bridgehead atoms. The molecule has 3 aromatic rings. The summed E-state index contributed by atoms with van der Waals surface area (Å²) in [7, 11) is 1.55. The van der Waals surface area contributed by atoms with Crippen LogP contribution >= 0.6 is 11.6 Å². The number of carbonyl (C=O) groups excluding carboxylic acids is 3. The van der Waals surface area contributed by atoms with Crippen molar-refractivity contribution in [2.75, 3.05) is 26.7 Å². The number of aromatic nitrogens is 2. The van der Waals surface area contributed by atoms with Gasteiger partial charge < -0.3 is 19.7 Å². The molecule has 38 heavy (non-hydrogen) atoms. The number of amides is 2. The summed E-state index contributed by atoms with van der Waals surface area (Å²) in [5.74, 6) is 0.350. The number of aldehydes is 1. The molecule has 0 radical (unpaired) electrons. The number of likely N-dealkylation sites (N-methyl/N-ethyl adjacent to an activating group) is 1. The Kier molecular flexibility index (Phi) is 6.36. The minimum atomic E-state index is -0.687. The second-order valence-electron chi connectivity index (χ2n) is 10.5. The first-order chi connectivity index (χ1) is 18.4. The highest BCUT2D eigenvalue weighted by atomic mass is 35.5. The van der Waals surface area contributed by atoms with Gasteiger partial charge in [0.05, 0.1) is 24.9 Å². The lowest BCUT2D eigenvalue weighted by molar-refractivity contribution is -0.125. The number of piperidine rings is 1. The molecule has 1 unspecified atom stereocenters. The van der Waals surface area contributed by atoms with Crippen molar-refractivity contribution < 1.29 is 19.1 Å². The molecule has 4 heterocycles. The van der Waals surface area contributed by atoms with E-state index < -0.39 is 6.04 Å². The minimum absolute atomic E-state index is 0.0890. The normalized spacial score (nSPS) is 18.9. The Labute approximate surface area is 225 Å². The van der Waals surface area contributed by atoms with Crippen molar-refractivity contribution in [3.8, 4) is 5.75 Å². The molecule has 1 aromatic heterocycles. The topological polar surface area (TPSA) is 108 Å². The van der Waals surface area contributed by atoms with Crippen LogP contribution in [0.15, 0.2) is 30.5 Å². The van der Waals surface area contributed by atoms with Crippen molar-refractivity contribution in [3.63, 3.8) is 0 Å². The zero-order chi connectivity index (χ0) is 26.4. The number of aromatic amines is 1. The van der Waals surface area contributed by atoms with Gasteiger partial charge in [-0.05, 0) is 56.1 Å². The Morgan fingerprint density at radius 3 is 2.89 bits per heavy atom. The number of hydrogen-bond acceptors (Lipinski definition) is 6. The first-order valence-corrected chi connectivity index (χ1v) is 13.4. The maximum atomic E-state index is 13.3. The van der Waals surface area contributed by atoms with E-state index in [1.165, 1.54) is 0 Å². The molecule has 1 atom stereocenters. The zero-order valence-electron chi connectivity index (χ0n) is 21.3. The summed E-state index contributed by atoms with van der Waals surface area (Å²) < 4.78 is 6.31. The molecule has 0 aliphatic carbocycles. The van der Waals surface area contributed by atoms with Crippen molar-refractivity contribution in [1.29, 1.82) is 0 Å². The Morgan fingerprint density at radius 1 is 1.32 bits per heavy atom. The van der Waals surface area contributed by atoms with Crippen molar-refractivity contribution in [1.82, 2.24) is 25.3 Å². The van der Waals surface area contributed by atoms with Crippen molar-refractivity contribution >= 4 is 40.6 Å². The van der Waals surface area contributed by atoms with E-state index in [-0.39, 0.29) is 23.7 Å². The van der Waals surface area contributed by atoms with Gasteiger partial charge in [0.25, 0.3) is 5.91 Å². The van der Waals surface area contributed by atoms with Gasteiger partial charge in [-0.3, -0.25) is 19.6 Å². The fourth-order valence-corrected chi connectivity index (χ4v) is 6.58. The number of fused-ring (bicyclic) bond motifs is 5. The quantitative estimate of drug-likeness (QED) is 0.450. The summed E-state index contributed by atoms with van der Waals surface area (Å²) in [4.78, 5) is 40.8. The lowest BCUT2D eigenvalue weighted by Gasteiger charge is -2.38. The maximum Gasteiger partial charge on any atom is 0.255 e. The zero-order valence-corrected chi connectivity index (χ0v) is 22.0. The van der Waals surface area contributed by atoms with Gasteiger partial charge in [-0.25, -0.2) is 0 Å². The van der Waals surface area contributed by atoms with Crippen LogP contribution in [0.4, 0.5) is 0 Å². The van der Waals surface area contributed by atoms with Crippen LogP contribution in [-0.4, -0.2) is 70.9 Å². The van der Waals surface area contributed by atoms with Crippen molar-refractivity contribution in [2.24, 2.45) is 0 Å². The van der Waals surface area contributed by atoms with Crippen molar-refractivity contribution in [3.05, 3.63) is 57.7 Å². The van der Waals surface area contributed by atoms with Gasteiger partial charge >= 0.3 is 0 Å². The molecule has 3 aliphatic rings. The maximum absolute atomic E-state index is 13.3. The third-order valence-corrected chi connectivity index (χ3v) is 8.66. The Hall–Kier alpha value is -3.43. The van der Waals surface area contributed by atoms with E-state index in [9.17, 15) is 14.4 Å². The van der Waals surface area contributed by atoms with Gasteiger partial charge in [0.1, 0.15) is 18.1 Å². The second kappa shape index (κ2) is 9.71. The molecular formula is C28H30ClN5O4. The molecule has 6 rings (SSSR count). The fraction of sp³-hybridized carbons (Fsp3) is 0.429. The largest absolute Gasteiger partial charge is 0.492 e. The third-order valence-electron chi connectivity index (χ3n) is 8.44. The van der Waals surface area contributed by atoms with Gasteiger partial charge in [0, 0.05) is 52.5 Å². The van der Waals surface area contributed by atoms with E-state index in [1.807, 2.05) is 30.5 Å². The number of likely N-dealkylation sites (tertiary alicyclic amines) is 1. The molecule has 1 spiro atoms. The van der Waals surface area contributed by atoms with Crippen LogP contribution in [0.5, 0.6) is 5.75 Å². The summed E-state index contributed by atoms with van der Waals surface area (Å²) in [5.41, 5.74) is 4.62. The highest BCUT2D eigenvalue weighted by Gasteiger charge is 2.47. The molecule has 198 valence electrons. The van der Waals surface area contributed by atoms with Crippen LogP contribution in [-0.2, 0) is 28.1 Å². The summed E-state index contributed by atoms with van der Waals surface area (Å²) in [6, 6.07) is 7.17. The van der Waals surface area contributed by atoms with E-state index in [2.05, 4.69) is 20.4 Å². The monoisotopic (exact) mass is 535 g/mol. The Balaban J connectivity index is 1.20. The molecule has 10 heteroatoms. The van der Waals surface area contributed by atoms with E-state index in [1.54, 1.807) is 11.9 Å². The fourth-order valence-electron chi connectivity index (χ4n) is 6.34. The first-order valence-electron chi connectivity index (χ1n) is 13.0. The SMILES string of the molecule is CNC(=O)C(CCC=O)N1Cc2c(ccc3c2OCC32CCN(Cc3cc(Cl)cc4[nH]ncc34)CC2)C1=O. The summed E-state index contributed by atoms with van der Waals surface area (Å²) in [5, 5.41) is 11.6. The van der Waals surface area contributed by atoms with Gasteiger partial charge in [-0.1, -0.05) is 17.7 Å². The molecule has 2 amide bonds. The molecule has 2 N–H and O–H groups in total. The van der Waals surface area contributed by atoms with Crippen LogP contribution in [0, 0.1) is 0 Å².